The third-order valence-electron chi connectivity index (χ3n) is 3.26. The summed E-state index contributed by atoms with van der Waals surface area (Å²) in [4.78, 5) is 0. The van der Waals surface area contributed by atoms with Crippen LogP contribution in [0.25, 0.3) is 0 Å². The van der Waals surface area contributed by atoms with Gasteiger partial charge in [0.15, 0.2) is 0 Å². The minimum atomic E-state index is 0.0542. The van der Waals surface area contributed by atoms with Gasteiger partial charge in [-0.1, -0.05) is 30.1 Å². The van der Waals surface area contributed by atoms with E-state index in [1.165, 1.54) is 0 Å². The molecule has 3 atom stereocenters. The van der Waals surface area contributed by atoms with Crippen LogP contribution in [0, 0.1) is 0 Å². The van der Waals surface area contributed by atoms with Crippen molar-refractivity contribution in [3.8, 4) is 5.75 Å². The van der Waals surface area contributed by atoms with Crippen molar-refractivity contribution in [2.24, 2.45) is 0 Å². The van der Waals surface area contributed by atoms with E-state index < -0.39 is 0 Å². The van der Waals surface area contributed by atoms with E-state index in [0.29, 0.717) is 21.8 Å². The normalized spacial score (nSPS) is 26.0. The van der Waals surface area contributed by atoms with Gasteiger partial charge in [-0.25, -0.2) is 0 Å². The number of hydrogen-bond acceptors (Lipinski definition) is 3. The molecule has 0 saturated heterocycles. The van der Waals surface area contributed by atoms with Gasteiger partial charge in [0.2, 0.25) is 0 Å². The summed E-state index contributed by atoms with van der Waals surface area (Å²) in [5, 5.41) is 4.40. The molecule has 1 saturated carbocycles. The van der Waals surface area contributed by atoms with E-state index >= 15 is 0 Å². The molecule has 3 unspecified atom stereocenters. The van der Waals surface area contributed by atoms with Gasteiger partial charge in [-0.05, 0) is 31.7 Å². The number of ether oxygens (including phenoxy) is 2. The van der Waals surface area contributed by atoms with Crippen LogP contribution in [0.5, 0.6) is 5.75 Å². The first-order valence-corrected chi connectivity index (χ1v) is 7.31. The van der Waals surface area contributed by atoms with Crippen LogP contribution in [-0.2, 0) is 4.74 Å². The zero-order chi connectivity index (χ0) is 13.8. The summed E-state index contributed by atoms with van der Waals surface area (Å²) in [5.74, 6) is 0.696. The molecule has 0 spiro atoms. The molecular formula is C14H19Cl2NO2. The molecule has 0 bridgehead atoms. The fraction of sp³-hybridized carbons (Fsp3) is 0.571. The van der Waals surface area contributed by atoms with Gasteiger partial charge >= 0.3 is 0 Å². The fourth-order valence-electron chi connectivity index (χ4n) is 2.23. The molecule has 19 heavy (non-hydrogen) atoms. The summed E-state index contributed by atoms with van der Waals surface area (Å²) in [6, 6.07) is 5.60. The number of halogens is 2. The molecule has 0 amide bonds. The Morgan fingerprint density at radius 2 is 1.95 bits per heavy atom. The zero-order valence-electron chi connectivity index (χ0n) is 11.2. The van der Waals surface area contributed by atoms with Crippen molar-refractivity contribution in [2.45, 2.75) is 38.0 Å². The largest absolute Gasteiger partial charge is 0.487 e. The second kappa shape index (κ2) is 6.80. The van der Waals surface area contributed by atoms with Crippen molar-refractivity contribution in [2.75, 3.05) is 13.7 Å². The lowest BCUT2D eigenvalue weighted by molar-refractivity contribution is -0.106. The van der Waals surface area contributed by atoms with Crippen molar-refractivity contribution >= 4 is 23.2 Å². The summed E-state index contributed by atoms with van der Waals surface area (Å²) >= 11 is 11.9. The Bertz CT molecular complexity index is 408. The van der Waals surface area contributed by atoms with Gasteiger partial charge in [0.25, 0.3) is 0 Å². The Hall–Kier alpha value is -0.480. The Balaban J connectivity index is 1.98. The summed E-state index contributed by atoms with van der Waals surface area (Å²) in [7, 11) is 1.94. The third kappa shape index (κ3) is 3.76. The van der Waals surface area contributed by atoms with Crippen molar-refractivity contribution in [3.05, 3.63) is 28.2 Å². The van der Waals surface area contributed by atoms with Gasteiger partial charge < -0.3 is 14.8 Å². The average molecular weight is 304 g/mol. The first-order valence-electron chi connectivity index (χ1n) is 6.55. The molecule has 1 fully saturated rings. The maximum Gasteiger partial charge on any atom is 0.128 e. The van der Waals surface area contributed by atoms with Crippen LogP contribution in [0.15, 0.2) is 18.2 Å². The molecule has 0 aliphatic heterocycles. The van der Waals surface area contributed by atoms with Crippen LogP contribution < -0.4 is 10.1 Å². The molecule has 1 aliphatic carbocycles. The minimum Gasteiger partial charge on any atom is -0.487 e. The first kappa shape index (κ1) is 14.9. The van der Waals surface area contributed by atoms with Crippen molar-refractivity contribution < 1.29 is 9.47 Å². The Morgan fingerprint density at radius 3 is 2.53 bits per heavy atom. The molecule has 1 N–H and O–H groups in total. The lowest BCUT2D eigenvalue weighted by Crippen LogP contribution is -2.60. The van der Waals surface area contributed by atoms with Crippen LogP contribution >= 0.6 is 23.2 Å². The SMILES string of the molecule is CCCOC1C(NC)CC1Oc1cc(Cl)cc(Cl)c1. The second-order valence-electron chi connectivity index (χ2n) is 4.73. The fourth-order valence-corrected chi connectivity index (χ4v) is 2.73. The number of benzene rings is 1. The summed E-state index contributed by atoms with van der Waals surface area (Å²) in [6.07, 6.45) is 2.07. The molecule has 0 radical (unpaired) electrons. The number of rotatable bonds is 6. The number of nitrogens with one attached hydrogen (secondary N) is 1. The zero-order valence-corrected chi connectivity index (χ0v) is 12.7. The van der Waals surface area contributed by atoms with E-state index in [0.717, 1.165) is 19.4 Å². The van der Waals surface area contributed by atoms with Gasteiger partial charge in [-0.15, -0.1) is 0 Å². The standard InChI is InChI=1S/C14H19Cl2NO2/c1-3-4-18-14-12(17-2)8-13(14)19-11-6-9(15)5-10(16)7-11/h5-7,12-14,17H,3-4,8H2,1-2H3. The highest BCUT2D eigenvalue weighted by Gasteiger charge is 2.42. The lowest BCUT2D eigenvalue weighted by atomic mass is 9.85. The molecule has 5 heteroatoms. The van der Waals surface area contributed by atoms with Gasteiger partial charge in [-0.2, -0.15) is 0 Å². The molecule has 1 aromatic rings. The van der Waals surface area contributed by atoms with Gasteiger partial charge in [0.1, 0.15) is 18.0 Å². The molecular weight excluding hydrogens is 285 g/mol. The molecule has 1 aromatic carbocycles. The highest BCUT2D eigenvalue weighted by Crippen LogP contribution is 2.31. The van der Waals surface area contributed by atoms with E-state index in [1.807, 2.05) is 7.05 Å². The maximum absolute atomic E-state index is 5.96. The van der Waals surface area contributed by atoms with Crippen LogP contribution in [0.4, 0.5) is 0 Å². The van der Waals surface area contributed by atoms with Gasteiger partial charge in [-0.3, -0.25) is 0 Å². The van der Waals surface area contributed by atoms with E-state index in [-0.39, 0.29) is 12.2 Å². The predicted octanol–water partition coefficient (Wildman–Crippen LogP) is 3.53. The third-order valence-corrected chi connectivity index (χ3v) is 3.69. The minimum absolute atomic E-state index is 0.0542. The van der Waals surface area contributed by atoms with Crippen molar-refractivity contribution in [3.63, 3.8) is 0 Å². The topological polar surface area (TPSA) is 30.5 Å². The van der Waals surface area contributed by atoms with Crippen LogP contribution in [0.2, 0.25) is 10.0 Å². The lowest BCUT2D eigenvalue weighted by Gasteiger charge is -2.43. The molecule has 2 rings (SSSR count). The first-order chi connectivity index (χ1) is 9.13. The number of likely N-dealkylation sites (N-methyl/N-ethyl adjacent to an activating group) is 1. The Morgan fingerprint density at radius 1 is 1.26 bits per heavy atom. The van der Waals surface area contributed by atoms with Crippen LogP contribution in [-0.4, -0.2) is 31.9 Å². The highest BCUT2D eigenvalue weighted by atomic mass is 35.5. The Labute approximate surface area is 124 Å². The van der Waals surface area contributed by atoms with Gasteiger partial charge in [0, 0.05) is 29.1 Å². The second-order valence-corrected chi connectivity index (χ2v) is 5.60. The predicted molar refractivity (Wildman–Crippen MR) is 78.4 cm³/mol. The smallest absolute Gasteiger partial charge is 0.128 e. The van der Waals surface area contributed by atoms with E-state index in [4.69, 9.17) is 32.7 Å². The highest BCUT2D eigenvalue weighted by molar-refractivity contribution is 6.34. The monoisotopic (exact) mass is 303 g/mol. The van der Waals surface area contributed by atoms with E-state index in [2.05, 4.69) is 12.2 Å². The maximum atomic E-state index is 5.96. The number of hydrogen-bond donors (Lipinski definition) is 1. The van der Waals surface area contributed by atoms with Crippen LogP contribution in [0.3, 0.4) is 0 Å². The summed E-state index contributed by atoms with van der Waals surface area (Å²) in [6.45, 7) is 2.85. The molecule has 1 aliphatic rings. The van der Waals surface area contributed by atoms with E-state index in [9.17, 15) is 0 Å². The Kier molecular flexibility index (Phi) is 5.34. The van der Waals surface area contributed by atoms with Gasteiger partial charge in [0.05, 0.1) is 0 Å². The molecule has 3 nitrogen and oxygen atoms in total. The van der Waals surface area contributed by atoms with Crippen LogP contribution in [0.1, 0.15) is 19.8 Å². The molecule has 0 aromatic heterocycles. The summed E-state index contributed by atoms with van der Waals surface area (Å²) in [5.41, 5.74) is 0. The van der Waals surface area contributed by atoms with Crippen molar-refractivity contribution in [1.29, 1.82) is 0 Å². The van der Waals surface area contributed by atoms with E-state index in [1.54, 1.807) is 18.2 Å². The molecule has 106 valence electrons. The van der Waals surface area contributed by atoms with Crippen molar-refractivity contribution in [1.82, 2.24) is 5.32 Å². The average Bonchev–Trinajstić information content (AvgIpc) is 2.33. The quantitative estimate of drug-likeness (QED) is 0.872. The molecule has 0 heterocycles. The summed E-state index contributed by atoms with van der Waals surface area (Å²) < 4.78 is 11.7.